The Balaban J connectivity index is 1.55. The third-order valence-corrected chi connectivity index (χ3v) is 6.37. The molecular formula is C30H31ClN4O4. The molecule has 0 unspecified atom stereocenters. The first kappa shape index (κ1) is 27.9. The lowest BCUT2D eigenvalue weighted by molar-refractivity contribution is -0.142. The minimum absolute atomic E-state index is 0.0773. The molecule has 202 valence electrons. The normalized spacial score (nSPS) is 10.8. The van der Waals surface area contributed by atoms with E-state index >= 15 is 0 Å². The molecule has 9 heteroatoms. The number of carbonyl (C=O) groups excluding carboxylic acids is 2. The second kappa shape index (κ2) is 13.1. The number of aromatic nitrogens is 2. The van der Waals surface area contributed by atoms with Gasteiger partial charge in [-0.3, -0.25) is 14.2 Å². The molecule has 1 heterocycles. The Kier molecular flexibility index (Phi) is 9.33. The Morgan fingerprint density at radius 2 is 1.79 bits per heavy atom. The zero-order valence-corrected chi connectivity index (χ0v) is 22.8. The number of rotatable bonds is 10. The number of esters is 1. The minimum Gasteiger partial charge on any atom is -0.466 e. The van der Waals surface area contributed by atoms with Gasteiger partial charge >= 0.3 is 12.0 Å². The highest BCUT2D eigenvalue weighted by atomic mass is 35.5. The molecule has 0 spiro atoms. The van der Waals surface area contributed by atoms with Gasteiger partial charge in [-0.05, 0) is 60.4 Å². The second-order valence-electron chi connectivity index (χ2n) is 9.04. The molecule has 2 N–H and O–H groups in total. The van der Waals surface area contributed by atoms with Gasteiger partial charge in [-0.25, -0.2) is 9.78 Å². The standard InChI is InChI=1S/C30H31ClN4O4/c1-3-6-27-34-26-14-13-24(33-30(38)32-16-15-28(36)39-4-2)18-25(26)29(37)35(27)19-20-9-11-21(12-10-20)22-7-5-8-23(31)17-22/h5,7-14,17-18H,3-4,6,15-16,19H2,1-2H3,(H2,32,33,38). The van der Waals surface area contributed by atoms with Crippen LogP contribution < -0.4 is 16.2 Å². The van der Waals surface area contributed by atoms with E-state index in [-0.39, 0.29) is 24.5 Å². The zero-order chi connectivity index (χ0) is 27.8. The molecule has 0 saturated carbocycles. The number of ether oxygens (including phenoxy) is 1. The number of fused-ring (bicyclic) bond motifs is 1. The lowest BCUT2D eigenvalue weighted by Gasteiger charge is -2.15. The van der Waals surface area contributed by atoms with Gasteiger partial charge in [-0.2, -0.15) is 0 Å². The highest BCUT2D eigenvalue weighted by molar-refractivity contribution is 6.30. The number of benzene rings is 3. The summed E-state index contributed by atoms with van der Waals surface area (Å²) in [5.74, 6) is 0.337. The molecule has 39 heavy (non-hydrogen) atoms. The summed E-state index contributed by atoms with van der Waals surface area (Å²) in [6.45, 7) is 4.59. The van der Waals surface area contributed by atoms with Crippen molar-refractivity contribution < 1.29 is 14.3 Å². The van der Waals surface area contributed by atoms with Crippen molar-refractivity contribution in [1.29, 1.82) is 0 Å². The highest BCUT2D eigenvalue weighted by Crippen LogP contribution is 2.23. The molecule has 0 radical (unpaired) electrons. The number of anilines is 1. The van der Waals surface area contributed by atoms with Crippen molar-refractivity contribution >= 4 is 40.2 Å². The predicted octanol–water partition coefficient (Wildman–Crippen LogP) is 5.79. The lowest BCUT2D eigenvalue weighted by atomic mass is 10.0. The van der Waals surface area contributed by atoms with Gasteiger partial charge in [0, 0.05) is 23.7 Å². The molecule has 0 fully saturated rings. The van der Waals surface area contributed by atoms with E-state index in [1.54, 1.807) is 29.7 Å². The number of nitrogens with zero attached hydrogens (tertiary/aromatic N) is 2. The van der Waals surface area contributed by atoms with Gasteiger partial charge in [0.15, 0.2) is 0 Å². The summed E-state index contributed by atoms with van der Waals surface area (Å²) in [6, 6.07) is 20.3. The smallest absolute Gasteiger partial charge is 0.319 e. The fraction of sp³-hybridized carbons (Fsp3) is 0.267. The summed E-state index contributed by atoms with van der Waals surface area (Å²) in [6.07, 6.45) is 1.58. The van der Waals surface area contributed by atoms with Gasteiger partial charge in [-0.1, -0.05) is 54.9 Å². The van der Waals surface area contributed by atoms with Crippen LogP contribution in [0, 0.1) is 0 Å². The molecule has 4 rings (SSSR count). The molecule has 0 aliphatic carbocycles. The topological polar surface area (TPSA) is 102 Å². The van der Waals surface area contributed by atoms with Gasteiger partial charge in [-0.15, -0.1) is 0 Å². The van der Waals surface area contributed by atoms with Gasteiger partial charge in [0.2, 0.25) is 0 Å². The summed E-state index contributed by atoms with van der Waals surface area (Å²) < 4.78 is 6.55. The largest absolute Gasteiger partial charge is 0.466 e. The average molecular weight is 547 g/mol. The first-order chi connectivity index (χ1) is 18.9. The first-order valence-corrected chi connectivity index (χ1v) is 13.3. The van der Waals surface area contributed by atoms with Crippen molar-refractivity contribution in [1.82, 2.24) is 14.9 Å². The highest BCUT2D eigenvalue weighted by Gasteiger charge is 2.13. The first-order valence-electron chi connectivity index (χ1n) is 13.0. The number of hydrogen-bond donors (Lipinski definition) is 2. The number of aryl methyl sites for hydroxylation is 1. The molecule has 8 nitrogen and oxygen atoms in total. The number of amides is 2. The van der Waals surface area contributed by atoms with Crippen molar-refractivity contribution in [3.8, 4) is 11.1 Å². The van der Waals surface area contributed by atoms with E-state index in [9.17, 15) is 14.4 Å². The van der Waals surface area contributed by atoms with Gasteiger partial charge in [0.05, 0.1) is 30.5 Å². The third-order valence-electron chi connectivity index (χ3n) is 6.14. The van der Waals surface area contributed by atoms with Crippen LogP contribution in [0.3, 0.4) is 0 Å². The average Bonchev–Trinajstić information content (AvgIpc) is 2.92. The number of urea groups is 1. The van der Waals surface area contributed by atoms with Crippen LogP contribution >= 0.6 is 11.6 Å². The quantitative estimate of drug-likeness (QED) is 0.245. The molecule has 2 amide bonds. The SMILES string of the molecule is CCCc1nc2ccc(NC(=O)NCCC(=O)OCC)cc2c(=O)n1Cc1ccc(-c2cccc(Cl)c2)cc1. The molecule has 0 atom stereocenters. The Morgan fingerprint density at radius 3 is 2.51 bits per heavy atom. The summed E-state index contributed by atoms with van der Waals surface area (Å²) in [5, 5.41) is 6.42. The molecule has 0 bridgehead atoms. The Bertz CT molecular complexity index is 1530. The maximum Gasteiger partial charge on any atom is 0.319 e. The summed E-state index contributed by atoms with van der Waals surface area (Å²) in [7, 11) is 0. The van der Waals surface area contributed by atoms with Crippen LogP contribution in [0.4, 0.5) is 10.5 Å². The Labute approximate surface area is 232 Å². The third kappa shape index (κ3) is 7.23. The molecular weight excluding hydrogens is 516 g/mol. The van der Waals surface area contributed by atoms with Gasteiger partial charge in [0.25, 0.3) is 5.56 Å². The monoisotopic (exact) mass is 546 g/mol. The van der Waals surface area contributed by atoms with E-state index in [4.69, 9.17) is 21.3 Å². The molecule has 0 saturated heterocycles. The van der Waals surface area contributed by atoms with Gasteiger partial charge in [0.1, 0.15) is 5.82 Å². The minimum atomic E-state index is -0.477. The van der Waals surface area contributed by atoms with E-state index in [0.29, 0.717) is 47.0 Å². The van der Waals surface area contributed by atoms with Crippen LogP contribution in [0.15, 0.2) is 71.5 Å². The maximum atomic E-state index is 13.6. The van der Waals surface area contributed by atoms with Crippen LogP contribution in [0.25, 0.3) is 22.0 Å². The maximum absolute atomic E-state index is 13.6. The molecule has 3 aromatic carbocycles. The van der Waals surface area contributed by atoms with E-state index in [0.717, 1.165) is 23.1 Å². The van der Waals surface area contributed by atoms with E-state index < -0.39 is 6.03 Å². The van der Waals surface area contributed by atoms with Crippen molar-refractivity contribution in [2.75, 3.05) is 18.5 Å². The fourth-order valence-corrected chi connectivity index (χ4v) is 4.45. The summed E-state index contributed by atoms with van der Waals surface area (Å²) in [5.41, 5.74) is 3.89. The predicted molar refractivity (Wildman–Crippen MR) is 154 cm³/mol. The van der Waals surface area contributed by atoms with E-state index in [2.05, 4.69) is 10.6 Å². The molecule has 1 aromatic heterocycles. The molecule has 0 aliphatic rings. The summed E-state index contributed by atoms with van der Waals surface area (Å²) in [4.78, 5) is 42.1. The van der Waals surface area contributed by atoms with Crippen LogP contribution in [-0.4, -0.2) is 34.7 Å². The van der Waals surface area contributed by atoms with Crippen LogP contribution in [0.1, 0.15) is 38.1 Å². The Hall–Kier alpha value is -4.17. The van der Waals surface area contributed by atoms with Crippen molar-refractivity contribution in [2.24, 2.45) is 0 Å². The number of nitrogens with one attached hydrogen (secondary N) is 2. The number of hydrogen-bond acceptors (Lipinski definition) is 5. The molecule has 4 aromatic rings. The summed E-state index contributed by atoms with van der Waals surface area (Å²) >= 11 is 6.14. The lowest BCUT2D eigenvalue weighted by Crippen LogP contribution is -2.31. The van der Waals surface area contributed by atoms with Crippen LogP contribution in [0.5, 0.6) is 0 Å². The van der Waals surface area contributed by atoms with E-state index in [1.165, 1.54) is 0 Å². The molecule has 0 aliphatic heterocycles. The number of carbonyl (C=O) groups is 2. The zero-order valence-electron chi connectivity index (χ0n) is 22.0. The second-order valence-corrected chi connectivity index (χ2v) is 9.48. The van der Waals surface area contributed by atoms with Crippen LogP contribution in [0.2, 0.25) is 5.02 Å². The number of halogens is 1. The van der Waals surface area contributed by atoms with Crippen molar-refractivity contribution in [2.45, 2.75) is 39.7 Å². The van der Waals surface area contributed by atoms with E-state index in [1.807, 2.05) is 55.5 Å². The van der Waals surface area contributed by atoms with Gasteiger partial charge < -0.3 is 15.4 Å². The van der Waals surface area contributed by atoms with Crippen LogP contribution in [-0.2, 0) is 22.5 Å². The fourth-order valence-electron chi connectivity index (χ4n) is 4.26. The van der Waals surface area contributed by atoms with Crippen molar-refractivity contribution in [3.05, 3.63) is 93.5 Å². The van der Waals surface area contributed by atoms with Crippen molar-refractivity contribution in [3.63, 3.8) is 0 Å². The Morgan fingerprint density at radius 1 is 1.00 bits per heavy atom.